The average molecular weight is 196 g/mol. The van der Waals surface area contributed by atoms with E-state index >= 15 is 0 Å². The Morgan fingerprint density at radius 1 is 1.43 bits per heavy atom. The molecule has 0 bridgehead atoms. The zero-order valence-corrected chi connectivity index (χ0v) is 8.15. The number of aliphatic hydroxyl groups is 2. The summed E-state index contributed by atoms with van der Waals surface area (Å²) >= 11 is 0. The molecular formula is C11H16O3. The molecule has 0 aliphatic heterocycles. The fourth-order valence-corrected chi connectivity index (χ4v) is 2.56. The number of rotatable bonds is 1. The predicted octanol–water partition coefficient (Wildman–Crippen LogP) is 0.798. The van der Waals surface area contributed by atoms with Crippen LogP contribution in [-0.4, -0.2) is 27.7 Å². The van der Waals surface area contributed by atoms with E-state index in [1.807, 2.05) is 12.2 Å². The molecule has 14 heavy (non-hydrogen) atoms. The highest BCUT2D eigenvalue weighted by Gasteiger charge is 2.47. The highest BCUT2D eigenvalue weighted by molar-refractivity contribution is 5.84. The summed E-state index contributed by atoms with van der Waals surface area (Å²) in [4.78, 5) is 11.5. The molecular weight excluding hydrogens is 180 g/mol. The summed E-state index contributed by atoms with van der Waals surface area (Å²) in [6.07, 6.45) is 5.94. The lowest BCUT2D eigenvalue weighted by Gasteiger charge is -2.38. The van der Waals surface area contributed by atoms with Crippen molar-refractivity contribution in [1.82, 2.24) is 0 Å². The lowest BCUT2D eigenvalue weighted by Crippen LogP contribution is -2.51. The van der Waals surface area contributed by atoms with E-state index in [1.165, 1.54) is 0 Å². The van der Waals surface area contributed by atoms with Gasteiger partial charge in [0.25, 0.3) is 0 Å². The van der Waals surface area contributed by atoms with Crippen LogP contribution in [0.1, 0.15) is 32.1 Å². The highest BCUT2D eigenvalue weighted by Crippen LogP contribution is 2.38. The minimum atomic E-state index is -1.19. The second-order valence-corrected chi connectivity index (χ2v) is 4.33. The van der Waals surface area contributed by atoms with E-state index < -0.39 is 11.7 Å². The third kappa shape index (κ3) is 1.41. The van der Waals surface area contributed by atoms with Gasteiger partial charge >= 0.3 is 0 Å². The van der Waals surface area contributed by atoms with Crippen LogP contribution < -0.4 is 0 Å². The van der Waals surface area contributed by atoms with Crippen LogP contribution >= 0.6 is 0 Å². The molecule has 2 rings (SSSR count). The van der Waals surface area contributed by atoms with Crippen molar-refractivity contribution in [2.45, 2.75) is 43.8 Å². The van der Waals surface area contributed by atoms with Gasteiger partial charge in [0.15, 0.2) is 0 Å². The van der Waals surface area contributed by atoms with Gasteiger partial charge in [-0.05, 0) is 25.7 Å². The van der Waals surface area contributed by atoms with Gasteiger partial charge in [-0.15, -0.1) is 0 Å². The van der Waals surface area contributed by atoms with E-state index in [0.717, 1.165) is 12.8 Å². The number of carbonyl (C=O) groups excluding carboxylic acids is 1. The van der Waals surface area contributed by atoms with Gasteiger partial charge in [-0.25, -0.2) is 0 Å². The Morgan fingerprint density at radius 2 is 2.21 bits per heavy atom. The number of hydrogen-bond donors (Lipinski definition) is 2. The van der Waals surface area contributed by atoms with Gasteiger partial charge in [-0.2, -0.15) is 0 Å². The van der Waals surface area contributed by atoms with E-state index in [4.69, 9.17) is 0 Å². The van der Waals surface area contributed by atoms with Crippen LogP contribution in [0.4, 0.5) is 0 Å². The summed E-state index contributed by atoms with van der Waals surface area (Å²) in [5, 5.41) is 20.0. The van der Waals surface area contributed by atoms with Crippen LogP contribution in [-0.2, 0) is 4.79 Å². The van der Waals surface area contributed by atoms with Crippen molar-refractivity contribution in [3.05, 3.63) is 12.2 Å². The van der Waals surface area contributed by atoms with E-state index in [0.29, 0.717) is 19.3 Å². The first-order chi connectivity index (χ1) is 6.64. The zero-order chi connectivity index (χ0) is 10.2. The van der Waals surface area contributed by atoms with Gasteiger partial charge in [0.2, 0.25) is 0 Å². The number of aliphatic hydroxyl groups excluding tert-OH is 1. The average Bonchev–Trinajstić information content (AvgIpc) is 2.57. The van der Waals surface area contributed by atoms with Crippen molar-refractivity contribution in [2.75, 3.05) is 0 Å². The van der Waals surface area contributed by atoms with Gasteiger partial charge in [0.1, 0.15) is 11.4 Å². The minimum absolute atomic E-state index is 0.113. The standard InChI is InChI=1S/C11H16O3/c12-9-5-3-4-8(9)11(14)7-2-1-6-10(11)13/h1-2,8,10,13-14H,3-7H2/t8-,10-,11-/m0/s1. The molecule has 0 spiro atoms. The van der Waals surface area contributed by atoms with E-state index in [1.54, 1.807) is 0 Å². The molecule has 0 heterocycles. The summed E-state index contributed by atoms with van der Waals surface area (Å²) in [6.45, 7) is 0. The Balaban J connectivity index is 2.21. The first-order valence-electron chi connectivity index (χ1n) is 5.23. The summed E-state index contributed by atoms with van der Waals surface area (Å²) in [6, 6.07) is 0. The normalized spacial score (nSPS) is 43.1. The van der Waals surface area contributed by atoms with Crippen LogP contribution in [0.5, 0.6) is 0 Å². The molecule has 78 valence electrons. The molecule has 0 aromatic rings. The van der Waals surface area contributed by atoms with Gasteiger partial charge < -0.3 is 10.2 Å². The predicted molar refractivity (Wildman–Crippen MR) is 51.7 cm³/mol. The van der Waals surface area contributed by atoms with E-state index in [2.05, 4.69) is 0 Å². The van der Waals surface area contributed by atoms with Crippen molar-refractivity contribution in [3.63, 3.8) is 0 Å². The summed E-state index contributed by atoms with van der Waals surface area (Å²) in [5.74, 6) is -0.232. The molecule has 1 saturated carbocycles. The Morgan fingerprint density at radius 3 is 2.79 bits per heavy atom. The molecule has 0 saturated heterocycles. The molecule has 2 aliphatic carbocycles. The maximum absolute atomic E-state index is 11.5. The number of hydrogen-bond acceptors (Lipinski definition) is 3. The third-order valence-corrected chi connectivity index (χ3v) is 3.46. The molecule has 1 fully saturated rings. The van der Waals surface area contributed by atoms with Crippen molar-refractivity contribution in [2.24, 2.45) is 5.92 Å². The van der Waals surface area contributed by atoms with Crippen molar-refractivity contribution < 1.29 is 15.0 Å². The molecule has 2 aliphatic rings. The molecule has 0 radical (unpaired) electrons. The highest BCUT2D eigenvalue weighted by atomic mass is 16.3. The van der Waals surface area contributed by atoms with Gasteiger partial charge in [-0.3, -0.25) is 4.79 Å². The van der Waals surface area contributed by atoms with Crippen LogP contribution in [0.2, 0.25) is 0 Å². The van der Waals surface area contributed by atoms with Crippen LogP contribution in [0.3, 0.4) is 0 Å². The van der Waals surface area contributed by atoms with Crippen LogP contribution in [0, 0.1) is 5.92 Å². The smallest absolute Gasteiger partial charge is 0.138 e. The topological polar surface area (TPSA) is 57.5 Å². The Bertz CT molecular complexity index is 272. The Hall–Kier alpha value is -0.670. The fourth-order valence-electron chi connectivity index (χ4n) is 2.56. The van der Waals surface area contributed by atoms with E-state index in [9.17, 15) is 15.0 Å². The first-order valence-corrected chi connectivity index (χ1v) is 5.23. The lowest BCUT2D eigenvalue weighted by molar-refractivity contribution is -0.143. The van der Waals surface area contributed by atoms with Crippen LogP contribution in [0.25, 0.3) is 0 Å². The maximum Gasteiger partial charge on any atom is 0.138 e. The molecule has 3 heteroatoms. The van der Waals surface area contributed by atoms with Gasteiger partial charge in [-0.1, -0.05) is 12.2 Å². The SMILES string of the molecule is O=C1CCC[C@@H]1[C@@]1(O)CC=CC[C@@H]1O. The first kappa shape index (κ1) is 9.87. The summed E-state index contributed by atoms with van der Waals surface area (Å²) in [5.41, 5.74) is -1.19. The van der Waals surface area contributed by atoms with Crippen molar-refractivity contribution >= 4 is 5.78 Å². The fraction of sp³-hybridized carbons (Fsp3) is 0.727. The molecule has 0 aromatic carbocycles. The molecule has 3 nitrogen and oxygen atoms in total. The maximum atomic E-state index is 11.5. The number of Topliss-reactive ketones (excluding diaryl/α,β-unsaturated/α-hetero) is 1. The largest absolute Gasteiger partial charge is 0.390 e. The van der Waals surface area contributed by atoms with Gasteiger partial charge in [0, 0.05) is 12.3 Å². The third-order valence-electron chi connectivity index (χ3n) is 3.46. The number of carbonyl (C=O) groups is 1. The molecule has 0 aromatic heterocycles. The molecule has 2 N–H and O–H groups in total. The zero-order valence-electron chi connectivity index (χ0n) is 8.15. The number of ketones is 1. The Kier molecular flexibility index (Phi) is 2.45. The second-order valence-electron chi connectivity index (χ2n) is 4.33. The monoisotopic (exact) mass is 196 g/mol. The summed E-state index contributed by atoms with van der Waals surface area (Å²) < 4.78 is 0. The van der Waals surface area contributed by atoms with Crippen molar-refractivity contribution in [1.29, 1.82) is 0 Å². The summed E-state index contributed by atoms with van der Waals surface area (Å²) in [7, 11) is 0. The quantitative estimate of drug-likeness (QED) is 0.610. The lowest BCUT2D eigenvalue weighted by atomic mass is 9.75. The van der Waals surface area contributed by atoms with E-state index in [-0.39, 0.29) is 11.7 Å². The Labute approximate surface area is 83.4 Å². The second kappa shape index (κ2) is 3.48. The molecule has 0 unspecified atom stereocenters. The molecule has 3 atom stereocenters. The molecule has 0 amide bonds. The van der Waals surface area contributed by atoms with Crippen molar-refractivity contribution in [3.8, 4) is 0 Å². The van der Waals surface area contributed by atoms with Crippen LogP contribution in [0.15, 0.2) is 12.2 Å². The van der Waals surface area contributed by atoms with Gasteiger partial charge in [0.05, 0.1) is 6.10 Å². The minimum Gasteiger partial charge on any atom is -0.390 e.